The Kier molecular flexibility index (Phi) is 7.82. The Hall–Kier alpha value is -2.37. The standard InChI is InChI=1S/C21H29NO5/c1-4-19(23)16-8-10-17(11-9-16)26-13-21(25)27-12-20(24)22-18-7-5-6-14(2)15(18)3/h8-11,14-15,18H,4-7,12-13H2,1-3H3,(H,22,24)/t14-,15-,18+/m0/s1. The monoisotopic (exact) mass is 375 g/mol. The average Bonchev–Trinajstić information content (AvgIpc) is 2.68. The number of Topliss-reactive ketones (excluding diaryl/α,β-unsaturated/α-hetero) is 1. The first-order valence-electron chi connectivity index (χ1n) is 9.61. The smallest absolute Gasteiger partial charge is 0.344 e. The summed E-state index contributed by atoms with van der Waals surface area (Å²) in [5.74, 6) is 0.631. The molecule has 2 rings (SSSR count). The van der Waals surface area contributed by atoms with Crippen molar-refractivity contribution in [2.75, 3.05) is 13.2 Å². The Morgan fingerprint density at radius 1 is 1.07 bits per heavy atom. The van der Waals surface area contributed by atoms with Gasteiger partial charge in [-0.05, 0) is 42.5 Å². The fraction of sp³-hybridized carbons (Fsp3) is 0.571. The van der Waals surface area contributed by atoms with Crippen LogP contribution in [0, 0.1) is 11.8 Å². The van der Waals surface area contributed by atoms with Gasteiger partial charge >= 0.3 is 5.97 Å². The Balaban J connectivity index is 1.69. The van der Waals surface area contributed by atoms with Gasteiger partial charge in [0.2, 0.25) is 0 Å². The van der Waals surface area contributed by atoms with Crippen LogP contribution in [0.4, 0.5) is 0 Å². The Labute approximate surface area is 160 Å². The van der Waals surface area contributed by atoms with Gasteiger partial charge in [-0.1, -0.05) is 33.6 Å². The van der Waals surface area contributed by atoms with E-state index in [0.29, 0.717) is 29.6 Å². The van der Waals surface area contributed by atoms with Crippen LogP contribution in [0.3, 0.4) is 0 Å². The van der Waals surface area contributed by atoms with E-state index in [0.717, 1.165) is 12.8 Å². The van der Waals surface area contributed by atoms with Crippen LogP contribution in [0.25, 0.3) is 0 Å². The van der Waals surface area contributed by atoms with E-state index >= 15 is 0 Å². The van der Waals surface area contributed by atoms with E-state index in [1.807, 2.05) is 0 Å². The number of carbonyl (C=O) groups is 3. The summed E-state index contributed by atoms with van der Waals surface area (Å²) in [6.45, 7) is 5.56. The van der Waals surface area contributed by atoms with Crippen LogP contribution < -0.4 is 10.1 Å². The van der Waals surface area contributed by atoms with Crippen LogP contribution >= 0.6 is 0 Å². The summed E-state index contributed by atoms with van der Waals surface area (Å²) in [5, 5.41) is 2.96. The van der Waals surface area contributed by atoms with Gasteiger partial charge in [-0.3, -0.25) is 9.59 Å². The number of nitrogens with one attached hydrogen (secondary N) is 1. The van der Waals surface area contributed by atoms with Gasteiger partial charge < -0.3 is 14.8 Å². The van der Waals surface area contributed by atoms with Gasteiger partial charge in [0.1, 0.15) is 5.75 Å². The van der Waals surface area contributed by atoms with E-state index in [2.05, 4.69) is 19.2 Å². The van der Waals surface area contributed by atoms with Crippen molar-refractivity contribution in [3.05, 3.63) is 29.8 Å². The molecule has 0 bridgehead atoms. The molecule has 1 aliphatic carbocycles. The molecule has 148 valence electrons. The lowest BCUT2D eigenvalue weighted by Gasteiger charge is -2.34. The van der Waals surface area contributed by atoms with Gasteiger partial charge in [0, 0.05) is 18.0 Å². The second kappa shape index (κ2) is 10.1. The predicted octanol–water partition coefficient (Wildman–Crippen LogP) is 3.14. The highest BCUT2D eigenvalue weighted by molar-refractivity contribution is 5.95. The maximum atomic E-state index is 12.0. The molecule has 1 aromatic rings. The van der Waals surface area contributed by atoms with Gasteiger partial charge in [-0.15, -0.1) is 0 Å². The van der Waals surface area contributed by atoms with E-state index in [-0.39, 0.29) is 30.9 Å². The van der Waals surface area contributed by atoms with Crippen molar-refractivity contribution in [3.63, 3.8) is 0 Å². The van der Waals surface area contributed by atoms with Crippen molar-refractivity contribution in [3.8, 4) is 5.75 Å². The number of benzene rings is 1. The molecule has 0 spiro atoms. The largest absolute Gasteiger partial charge is 0.482 e. The third kappa shape index (κ3) is 6.38. The predicted molar refractivity (Wildman–Crippen MR) is 102 cm³/mol. The molecule has 3 atom stereocenters. The molecule has 1 N–H and O–H groups in total. The number of hydrogen-bond donors (Lipinski definition) is 1. The van der Waals surface area contributed by atoms with Crippen LogP contribution in [0.15, 0.2) is 24.3 Å². The topological polar surface area (TPSA) is 81.7 Å². The molecular formula is C21H29NO5. The van der Waals surface area contributed by atoms with Crippen LogP contribution in [0.2, 0.25) is 0 Å². The highest BCUT2D eigenvalue weighted by atomic mass is 16.6. The average molecular weight is 375 g/mol. The van der Waals surface area contributed by atoms with E-state index < -0.39 is 5.97 Å². The van der Waals surface area contributed by atoms with Crippen LogP contribution in [0.5, 0.6) is 5.75 Å². The molecule has 6 heteroatoms. The molecule has 1 aromatic carbocycles. The number of esters is 1. The van der Waals surface area contributed by atoms with Crippen LogP contribution in [-0.2, 0) is 14.3 Å². The highest BCUT2D eigenvalue weighted by Gasteiger charge is 2.28. The van der Waals surface area contributed by atoms with Crippen LogP contribution in [-0.4, -0.2) is 36.9 Å². The molecule has 27 heavy (non-hydrogen) atoms. The first-order valence-corrected chi connectivity index (χ1v) is 9.61. The Morgan fingerprint density at radius 3 is 2.44 bits per heavy atom. The van der Waals surface area contributed by atoms with Gasteiger partial charge in [0.15, 0.2) is 19.0 Å². The maximum Gasteiger partial charge on any atom is 0.344 e. The highest BCUT2D eigenvalue weighted by Crippen LogP contribution is 2.29. The quantitative estimate of drug-likeness (QED) is 0.558. The van der Waals surface area contributed by atoms with Gasteiger partial charge in [0.25, 0.3) is 5.91 Å². The molecule has 6 nitrogen and oxygen atoms in total. The van der Waals surface area contributed by atoms with Crippen molar-refractivity contribution in [1.82, 2.24) is 5.32 Å². The summed E-state index contributed by atoms with van der Waals surface area (Å²) in [7, 11) is 0. The van der Waals surface area contributed by atoms with Crippen LogP contribution in [0.1, 0.15) is 56.8 Å². The molecular weight excluding hydrogens is 346 g/mol. The zero-order chi connectivity index (χ0) is 19.8. The summed E-state index contributed by atoms with van der Waals surface area (Å²) in [6.07, 6.45) is 3.69. The van der Waals surface area contributed by atoms with Gasteiger partial charge in [0.05, 0.1) is 0 Å². The van der Waals surface area contributed by atoms with Crippen molar-refractivity contribution in [1.29, 1.82) is 0 Å². The van der Waals surface area contributed by atoms with E-state index in [1.54, 1.807) is 31.2 Å². The molecule has 1 aliphatic rings. The molecule has 0 unspecified atom stereocenters. The van der Waals surface area contributed by atoms with Gasteiger partial charge in [-0.2, -0.15) is 0 Å². The third-order valence-corrected chi connectivity index (χ3v) is 5.27. The normalized spacial score (nSPS) is 22.0. The van der Waals surface area contributed by atoms with Crippen molar-refractivity contribution < 1.29 is 23.9 Å². The number of rotatable bonds is 8. The minimum absolute atomic E-state index is 0.0497. The minimum atomic E-state index is -0.607. The molecule has 0 saturated heterocycles. The molecule has 0 aliphatic heterocycles. The van der Waals surface area contributed by atoms with Crippen molar-refractivity contribution in [2.45, 2.75) is 52.5 Å². The van der Waals surface area contributed by atoms with E-state index in [4.69, 9.17) is 9.47 Å². The lowest BCUT2D eigenvalue weighted by molar-refractivity contribution is -0.150. The number of ketones is 1. The first kappa shape index (κ1) is 20.9. The molecule has 0 aromatic heterocycles. The molecule has 0 heterocycles. The SMILES string of the molecule is CCC(=O)c1ccc(OCC(=O)OCC(=O)N[C@@H]2CCC[C@H](C)[C@@H]2C)cc1. The lowest BCUT2D eigenvalue weighted by atomic mass is 9.78. The fourth-order valence-corrected chi connectivity index (χ4v) is 3.31. The van der Waals surface area contributed by atoms with Gasteiger partial charge in [-0.25, -0.2) is 4.79 Å². The summed E-state index contributed by atoms with van der Waals surface area (Å²) in [5.41, 5.74) is 0.607. The van der Waals surface area contributed by atoms with Crippen molar-refractivity contribution >= 4 is 17.7 Å². The molecule has 1 fully saturated rings. The lowest BCUT2D eigenvalue weighted by Crippen LogP contribution is -2.45. The second-order valence-corrected chi connectivity index (χ2v) is 7.19. The summed E-state index contributed by atoms with van der Waals surface area (Å²) in [4.78, 5) is 35.3. The second-order valence-electron chi connectivity index (χ2n) is 7.19. The fourth-order valence-electron chi connectivity index (χ4n) is 3.31. The summed E-state index contributed by atoms with van der Waals surface area (Å²) >= 11 is 0. The summed E-state index contributed by atoms with van der Waals surface area (Å²) in [6, 6.07) is 6.72. The molecule has 1 amide bonds. The number of hydrogen-bond acceptors (Lipinski definition) is 5. The third-order valence-electron chi connectivity index (χ3n) is 5.27. The van der Waals surface area contributed by atoms with E-state index in [9.17, 15) is 14.4 Å². The minimum Gasteiger partial charge on any atom is -0.482 e. The zero-order valence-electron chi connectivity index (χ0n) is 16.3. The zero-order valence-corrected chi connectivity index (χ0v) is 16.3. The maximum absolute atomic E-state index is 12.0. The number of amides is 1. The molecule has 0 radical (unpaired) electrons. The number of carbonyl (C=O) groups excluding carboxylic acids is 3. The van der Waals surface area contributed by atoms with E-state index in [1.165, 1.54) is 6.42 Å². The first-order chi connectivity index (χ1) is 12.9. The number of ether oxygens (including phenoxy) is 2. The Morgan fingerprint density at radius 2 is 1.78 bits per heavy atom. The Bertz CT molecular complexity index is 655. The van der Waals surface area contributed by atoms with Crippen molar-refractivity contribution in [2.24, 2.45) is 11.8 Å². The molecule has 1 saturated carbocycles. The summed E-state index contributed by atoms with van der Waals surface area (Å²) < 4.78 is 10.3.